The maximum Gasteiger partial charge on any atom is 0.146 e. The highest BCUT2D eigenvalue weighted by Gasteiger charge is 2.09. The second-order valence-electron chi connectivity index (χ2n) is 4.17. The predicted molar refractivity (Wildman–Crippen MR) is 71.2 cm³/mol. The van der Waals surface area contributed by atoms with Gasteiger partial charge in [0, 0.05) is 12.2 Å². The molecule has 4 heteroatoms. The van der Waals surface area contributed by atoms with Gasteiger partial charge in [-0.05, 0) is 19.4 Å². The zero-order valence-corrected chi connectivity index (χ0v) is 11.1. The molecule has 1 atom stereocenters. The van der Waals surface area contributed by atoms with Gasteiger partial charge in [0.15, 0.2) is 0 Å². The first-order valence-corrected chi connectivity index (χ1v) is 6.38. The van der Waals surface area contributed by atoms with E-state index in [0.29, 0.717) is 22.4 Å². The minimum Gasteiger partial charge on any atom is -0.366 e. The second-order valence-corrected chi connectivity index (χ2v) is 4.55. The van der Waals surface area contributed by atoms with E-state index in [0.717, 1.165) is 6.42 Å². The molecule has 17 heavy (non-hydrogen) atoms. The van der Waals surface area contributed by atoms with Gasteiger partial charge in [-0.1, -0.05) is 37.8 Å². The molecule has 92 valence electrons. The van der Waals surface area contributed by atoms with Crippen LogP contribution in [0.1, 0.15) is 45.1 Å². The van der Waals surface area contributed by atoms with Gasteiger partial charge in [0.1, 0.15) is 16.9 Å². The van der Waals surface area contributed by atoms with Crippen molar-refractivity contribution in [3.05, 3.63) is 22.8 Å². The van der Waals surface area contributed by atoms with Gasteiger partial charge < -0.3 is 5.32 Å². The summed E-state index contributed by atoms with van der Waals surface area (Å²) < 4.78 is 0. The molecule has 0 fully saturated rings. The Bertz CT molecular complexity index is 398. The molecule has 1 aromatic heterocycles. The van der Waals surface area contributed by atoms with Crippen molar-refractivity contribution in [3.63, 3.8) is 0 Å². The van der Waals surface area contributed by atoms with Crippen molar-refractivity contribution < 1.29 is 0 Å². The van der Waals surface area contributed by atoms with E-state index in [1.165, 1.54) is 19.3 Å². The third kappa shape index (κ3) is 4.24. The molecule has 1 aromatic rings. The number of hydrogen-bond donors (Lipinski definition) is 1. The molecule has 1 unspecified atom stereocenters. The molecule has 1 N–H and O–H groups in total. The van der Waals surface area contributed by atoms with Crippen molar-refractivity contribution in [1.29, 1.82) is 5.26 Å². The zero-order chi connectivity index (χ0) is 12.7. The van der Waals surface area contributed by atoms with E-state index in [2.05, 4.69) is 24.1 Å². The van der Waals surface area contributed by atoms with Crippen LogP contribution >= 0.6 is 11.6 Å². The van der Waals surface area contributed by atoms with Crippen molar-refractivity contribution in [2.45, 2.75) is 45.6 Å². The fraction of sp³-hybridized carbons (Fsp3) is 0.538. The van der Waals surface area contributed by atoms with Crippen LogP contribution < -0.4 is 5.32 Å². The van der Waals surface area contributed by atoms with E-state index in [1.807, 2.05) is 6.07 Å². The lowest BCUT2D eigenvalue weighted by Crippen LogP contribution is -2.16. The molecule has 0 aliphatic carbocycles. The van der Waals surface area contributed by atoms with Crippen LogP contribution in [-0.4, -0.2) is 11.0 Å². The van der Waals surface area contributed by atoms with Gasteiger partial charge in [0.2, 0.25) is 0 Å². The van der Waals surface area contributed by atoms with Crippen LogP contribution in [0.4, 0.5) is 5.82 Å². The van der Waals surface area contributed by atoms with E-state index < -0.39 is 0 Å². The Labute approximate surface area is 108 Å². The molecule has 1 heterocycles. The minimum atomic E-state index is 0.320. The molecule has 3 nitrogen and oxygen atoms in total. The third-order valence-corrected chi connectivity index (χ3v) is 3.02. The smallest absolute Gasteiger partial charge is 0.146 e. The molecule has 0 saturated heterocycles. The predicted octanol–water partition coefficient (Wildman–Crippen LogP) is 3.99. The summed E-state index contributed by atoms with van der Waals surface area (Å²) in [6, 6.07) is 3.99. The number of hydrogen-bond acceptors (Lipinski definition) is 3. The number of halogens is 1. The van der Waals surface area contributed by atoms with Crippen molar-refractivity contribution in [1.82, 2.24) is 4.98 Å². The average Bonchev–Trinajstić information content (AvgIpc) is 2.32. The fourth-order valence-electron chi connectivity index (χ4n) is 1.64. The molecule has 0 radical (unpaired) electrons. The summed E-state index contributed by atoms with van der Waals surface area (Å²) in [5, 5.41) is 12.5. The number of rotatable bonds is 6. The lowest BCUT2D eigenvalue weighted by molar-refractivity contribution is 0.614. The highest BCUT2D eigenvalue weighted by molar-refractivity contribution is 6.34. The number of aromatic nitrogens is 1. The largest absolute Gasteiger partial charge is 0.366 e. The minimum absolute atomic E-state index is 0.320. The van der Waals surface area contributed by atoms with Gasteiger partial charge in [-0.3, -0.25) is 0 Å². The number of nitrogens with zero attached hydrogens (tertiary/aromatic N) is 2. The van der Waals surface area contributed by atoms with Crippen LogP contribution in [0, 0.1) is 11.3 Å². The van der Waals surface area contributed by atoms with Gasteiger partial charge >= 0.3 is 0 Å². The lowest BCUT2D eigenvalue weighted by Gasteiger charge is -2.15. The van der Waals surface area contributed by atoms with Crippen LogP contribution in [-0.2, 0) is 0 Å². The Balaban J connectivity index is 2.59. The number of nitrogens with one attached hydrogen (secondary N) is 1. The molecule has 0 aliphatic heterocycles. The summed E-state index contributed by atoms with van der Waals surface area (Å²) in [5.74, 6) is 0.606. The Kier molecular flexibility index (Phi) is 5.79. The summed E-state index contributed by atoms with van der Waals surface area (Å²) in [6.07, 6.45) is 6.34. The lowest BCUT2D eigenvalue weighted by atomic mass is 10.1. The summed E-state index contributed by atoms with van der Waals surface area (Å²) in [5.41, 5.74) is 0.463. The molecule has 0 aromatic carbocycles. The van der Waals surface area contributed by atoms with Crippen molar-refractivity contribution in [2.75, 3.05) is 5.32 Å². The average molecular weight is 252 g/mol. The summed E-state index contributed by atoms with van der Waals surface area (Å²) in [4.78, 5) is 4.16. The quantitative estimate of drug-likeness (QED) is 0.778. The molecular weight excluding hydrogens is 234 g/mol. The van der Waals surface area contributed by atoms with E-state index >= 15 is 0 Å². The topological polar surface area (TPSA) is 48.7 Å². The highest BCUT2D eigenvalue weighted by Crippen LogP contribution is 2.23. The number of nitriles is 1. The van der Waals surface area contributed by atoms with E-state index in [4.69, 9.17) is 16.9 Å². The standard InChI is InChI=1S/C13H18ClN3/c1-3-4-5-6-10(2)17-13-12(14)11(9-15)7-8-16-13/h7-8,10H,3-6H2,1-2H3,(H,16,17). The third-order valence-electron chi connectivity index (χ3n) is 2.63. The Morgan fingerprint density at radius 2 is 2.29 bits per heavy atom. The SMILES string of the molecule is CCCCCC(C)Nc1nccc(C#N)c1Cl. The molecule has 0 amide bonds. The molecular formula is C13H18ClN3. The Hall–Kier alpha value is -1.27. The maximum absolute atomic E-state index is 8.86. The van der Waals surface area contributed by atoms with Crippen molar-refractivity contribution in [2.24, 2.45) is 0 Å². The van der Waals surface area contributed by atoms with Crippen LogP contribution in [0.3, 0.4) is 0 Å². The highest BCUT2D eigenvalue weighted by atomic mass is 35.5. The van der Waals surface area contributed by atoms with Gasteiger partial charge in [-0.25, -0.2) is 4.98 Å². The first-order valence-electron chi connectivity index (χ1n) is 6.00. The number of anilines is 1. The van der Waals surface area contributed by atoms with Crippen molar-refractivity contribution >= 4 is 17.4 Å². The van der Waals surface area contributed by atoms with Gasteiger partial charge in [-0.2, -0.15) is 5.26 Å². The summed E-state index contributed by atoms with van der Waals surface area (Å²) in [7, 11) is 0. The van der Waals surface area contributed by atoms with Crippen LogP contribution in [0.2, 0.25) is 5.02 Å². The Morgan fingerprint density at radius 3 is 2.94 bits per heavy atom. The second kappa shape index (κ2) is 7.13. The van der Waals surface area contributed by atoms with Crippen molar-refractivity contribution in [3.8, 4) is 6.07 Å². The number of pyridine rings is 1. The zero-order valence-electron chi connectivity index (χ0n) is 10.3. The fourth-order valence-corrected chi connectivity index (χ4v) is 1.85. The Morgan fingerprint density at radius 1 is 1.53 bits per heavy atom. The van der Waals surface area contributed by atoms with Gasteiger partial charge in [0.05, 0.1) is 5.56 Å². The van der Waals surface area contributed by atoms with E-state index in [1.54, 1.807) is 12.3 Å². The van der Waals surface area contributed by atoms with E-state index in [9.17, 15) is 0 Å². The van der Waals surface area contributed by atoms with Crippen LogP contribution in [0.25, 0.3) is 0 Å². The number of unbranched alkanes of at least 4 members (excludes halogenated alkanes) is 2. The molecule has 0 aliphatic rings. The first-order chi connectivity index (χ1) is 8.19. The summed E-state index contributed by atoms with van der Waals surface area (Å²) >= 11 is 6.07. The van der Waals surface area contributed by atoms with Gasteiger partial charge in [0.25, 0.3) is 0 Å². The molecule has 0 saturated carbocycles. The normalized spacial score (nSPS) is 11.9. The summed E-state index contributed by atoms with van der Waals surface area (Å²) in [6.45, 7) is 4.29. The maximum atomic E-state index is 8.86. The van der Waals surface area contributed by atoms with Crippen LogP contribution in [0.5, 0.6) is 0 Å². The molecule has 1 rings (SSSR count). The van der Waals surface area contributed by atoms with E-state index in [-0.39, 0.29) is 0 Å². The monoisotopic (exact) mass is 251 g/mol. The molecule has 0 bridgehead atoms. The van der Waals surface area contributed by atoms with Gasteiger partial charge in [-0.15, -0.1) is 0 Å². The van der Waals surface area contributed by atoms with Crippen LogP contribution in [0.15, 0.2) is 12.3 Å². The molecule has 0 spiro atoms. The first kappa shape index (κ1) is 13.8.